The minimum atomic E-state index is -0.743. The molecule has 0 atom stereocenters. The molecule has 0 aliphatic carbocycles. The van der Waals surface area contributed by atoms with Crippen molar-refractivity contribution in [1.82, 2.24) is 25.1 Å². The highest BCUT2D eigenvalue weighted by Gasteiger charge is 2.21. The Morgan fingerprint density at radius 1 is 1.06 bits per heavy atom. The topological polar surface area (TPSA) is 77.0 Å². The van der Waals surface area contributed by atoms with Crippen LogP contribution in [0.2, 0.25) is 0 Å². The summed E-state index contributed by atoms with van der Waals surface area (Å²) in [6, 6.07) is 3.63. The van der Waals surface area contributed by atoms with Gasteiger partial charge in [-0.05, 0) is 24.6 Å². The van der Waals surface area contributed by atoms with Gasteiger partial charge < -0.3 is 19.8 Å². The highest BCUT2D eigenvalue weighted by atomic mass is 19.1. The quantitative estimate of drug-likeness (QED) is 0.329. The zero-order valence-corrected chi connectivity index (χ0v) is 19.8. The molecular weight excluding hydrogens is 440 g/mol. The summed E-state index contributed by atoms with van der Waals surface area (Å²) in [4.78, 5) is 7.58. The summed E-state index contributed by atoms with van der Waals surface area (Å²) in [7, 11) is 2.67. The van der Waals surface area contributed by atoms with Crippen LogP contribution in [0.5, 0.6) is 11.5 Å². The number of nitrogens with one attached hydrogen (secondary N) is 2. The fourth-order valence-corrected chi connectivity index (χ4v) is 3.91. The van der Waals surface area contributed by atoms with Crippen molar-refractivity contribution in [2.75, 3.05) is 20.8 Å². The van der Waals surface area contributed by atoms with Gasteiger partial charge in [-0.15, -0.1) is 0 Å². The molecule has 0 bridgehead atoms. The molecule has 0 unspecified atom stereocenters. The predicted molar refractivity (Wildman–Crippen MR) is 127 cm³/mol. The van der Waals surface area contributed by atoms with Gasteiger partial charge >= 0.3 is 0 Å². The molecule has 1 aromatic carbocycles. The first-order chi connectivity index (χ1) is 16.4. The first kappa shape index (κ1) is 23.7. The highest BCUT2D eigenvalue weighted by molar-refractivity contribution is 5.84. The number of H-pyrrole nitrogens is 1. The smallest absolute Gasteiger partial charge is 0.171 e. The molecule has 4 rings (SSSR count). The van der Waals surface area contributed by atoms with Crippen molar-refractivity contribution in [2.24, 2.45) is 0 Å². The van der Waals surface area contributed by atoms with Crippen molar-refractivity contribution < 1.29 is 18.3 Å². The maximum atomic E-state index is 14.9. The van der Waals surface area contributed by atoms with Gasteiger partial charge in [0.05, 0.1) is 20.4 Å². The SMILES string of the molecule is COc1cc(OC)c(F)c(Cc2c[nH]c3ncc(-c4cnn(CCCNC(C)C)c4)cc23)c1F. The second-order valence-corrected chi connectivity index (χ2v) is 8.45. The third-order valence-corrected chi connectivity index (χ3v) is 5.73. The fourth-order valence-electron chi connectivity index (χ4n) is 3.91. The van der Waals surface area contributed by atoms with Gasteiger partial charge in [0.25, 0.3) is 0 Å². The number of fused-ring (bicyclic) bond motifs is 1. The van der Waals surface area contributed by atoms with Crippen LogP contribution in [0.4, 0.5) is 8.78 Å². The van der Waals surface area contributed by atoms with Gasteiger partial charge in [-0.25, -0.2) is 13.8 Å². The van der Waals surface area contributed by atoms with Gasteiger partial charge in [0.2, 0.25) is 0 Å². The lowest BCUT2D eigenvalue weighted by Crippen LogP contribution is -2.24. The molecule has 3 heterocycles. The summed E-state index contributed by atoms with van der Waals surface area (Å²) < 4.78 is 41.8. The zero-order chi connectivity index (χ0) is 24.2. The molecule has 4 aromatic rings. The molecular formula is C25H29F2N5O2. The monoisotopic (exact) mass is 469 g/mol. The van der Waals surface area contributed by atoms with Gasteiger partial charge in [0.15, 0.2) is 23.1 Å². The Balaban J connectivity index is 1.60. The minimum absolute atomic E-state index is 0.0124. The Morgan fingerprint density at radius 2 is 1.79 bits per heavy atom. The molecule has 7 nitrogen and oxygen atoms in total. The molecule has 0 aliphatic rings. The van der Waals surface area contributed by atoms with Gasteiger partial charge in [-0.2, -0.15) is 5.10 Å². The van der Waals surface area contributed by atoms with Crippen LogP contribution in [0.3, 0.4) is 0 Å². The molecule has 0 radical (unpaired) electrons. The van der Waals surface area contributed by atoms with Crippen LogP contribution >= 0.6 is 0 Å². The summed E-state index contributed by atoms with van der Waals surface area (Å²) >= 11 is 0. The maximum absolute atomic E-state index is 14.9. The average Bonchev–Trinajstić information content (AvgIpc) is 3.46. The lowest BCUT2D eigenvalue weighted by atomic mass is 10.0. The summed E-state index contributed by atoms with van der Waals surface area (Å²) in [5, 5.41) is 8.64. The number of pyridine rings is 1. The van der Waals surface area contributed by atoms with Crippen LogP contribution in [-0.2, 0) is 13.0 Å². The molecule has 0 amide bonds. The standard InChI is InChI=1S/C25H29F2N5O2/c1-15(2)28-6-5-7-32-14-18(13-31-32)16-8-19-17(12-30-25(19)29-11-16)9-20-23(26)21(33-3)10-22(34-4)24(20)27/h8,10-15,28H,5-7,9H2,1-4H3,(H,29,30). The molecule has 0 fully saturated rings. The number of rotatable bonds is 10. The van der Waals surface area contributed by atoms with Crippen LogP contribution in [0.25, 0.3) is 22.2 Å². The third-order valence-electron chi connectivity index (χ3n) is 5.73. The summed E-state index contributed by atoms with van der Waals surface area (Å²) in [5.74, 6) is -1.62. The van der Waals surface area contributed by atoms with E-state index in [1.807, 2.05) is 16.9 Å². The van der Waals surface area contributed by atoms with Gasteiger partial charge in [-0.1, -0.05) is 13.8 Å². The van der Waals surface area contributed by atoms with Crippen LogP contribution in [-0.4, -0.2) is 46.6 Å². The molecule has 2 N–H and O–H groups in total. The number of aryl methyl sites for hydroxylation is 1. The second-order valence-electron chi connectivity index (χ2n) is 8.45. The van der Waals surface area contributed by atoms with E-state index >= 15 is 0 Å². The van der Waals surface area contributed by atoms with Crippen LogP contribution in [0, 0.1) is 11.6 Å². The van der Waals surface area contributed by atoms with Crippen molar-refractivity contribution in [3.05, 3.63) is 59.7 Å². The van der Waals surface area contributed by atoms with Crippen molar-refractivity contribution in [1.29, 1.82) is 0 Å². The largest absolute Gasteiger partial charge is 0.494 e. The normalized spacial score (nSPS) is 11.5. The van der Waals surface area contributed by atoms with Crippen molar-refractivity contribution in [2.45, 2.75) is 39.3 Å². The number of ether oxygens (including phenoxy) is 2. The molecule has 180 valence electrons. The Morgan fingerprint density at radius 3 is 2.47 bits per heavy atom. The lowest BCUT2D eigenvalue weighted by molar-refractivity contribution is 0.354. The van der Waals surface area contributed by atoms with E-state index in [4.69, 9.17) is 9.47 Å². The minimum Gasteiger partial charge on any atom is -0.494 e. The van der Waals surface area contributed by atoms with Gasteiger partial charge in [0.1, 0.15) is 5.65 Å². The highest BCUT2D eigenvalue weighted by Crippen LogP contribution is 2.34. The van der Waals surface area contributed by atoms with Gasteiger partial charge in [-0.3, -0.25) is 4.68 Å². The summed E-state index contributed by atoms with van der Waals surface area (Å²) in [6.07, 6.45) is 8.25. The van der Waals surface area contributed by atoms with E-state index in [1.165, 1.54) is 20.3 Å². The number of hydrogen-bond acceptors (Lipinski definition) is 5. The first-order valence-electron chi connectivity index (χ1n) is 11.2. The molecule has 0 saturated carbocycles. The Kier molecular flexibility index (Phi) is 7.12. The van der Waals surface area contributed by atoms with Crippen LogP contribution < -0.4 is 14.8 Å². The van der Waals surface area contributed by atoms with Crippen LogP contribution in [0.15, 0.2) is 36.9 Å². The van der Waals surface area contributed by atoms with E-state index in [-0.39, 0.29) is 23.5 Å². The Bertz CT molecular complexity index is 1250. The van der Waals surface area contributed by atoms with Crippen LogP contribution in [0.1, 0.15) is 31.4 Å². The van der Waals surface area contributed by atoms with E-state index in [0.29, 0.717) is 17.3 Å². The molecule has 34 heavy (non-hydrogen) atoms. The maximum Gasteiger partial charge on any atom is 0.171 e. The molecule has 0 spiro atoms. The van der Waals surface area contributed by atoms with E-state index < -0.39 is 11.6 Å². The number of benzene rings is 1. The summed E-state index contributed by atoms with van der Waals surface area (Å²) in [6.45, 7) is 5.98. The number of methoxy groups -OCH3 is 2. The fraction of sp³-hybridized carbons (Fsp3) is 0.360. The number of hydrogen-bond donors (Lipinski definition) is 2. The third kappa shape index (κ3) is 4.89. The molecule has 3 aromatic heterocycles. The lowest BCUT2D eigenvalue weighted by Gasteiger charge is -2.12. The van der Waals surface area contributed by atoms with E-state index in [1.54, 1.807) is 18.6 Å². The molecule has 0 saturated heterocycles. The van der Waals surface area contributed by atoms with E-state index in [9.17, 15) is 8.78 Å². The number of aromatic amines is 1. The Hall–Kier alpha value is -3.46. The predicted octanol–water partition coefficient (Wildman–Crippen LogP) is 4.70. The van der Waals surface area contributed by atoms with Crippen molar-refractivity contribution >= 4 is 11.0 Å². The Labute approximate surface area is 197 Å². The molecule has 9 heteroatoms. The second kappa shape index (κ2) is 10.2. The number of nitrogens with zero attached hydrogens (tertiary/aromatic N) is 3. The zero-order valence-electron chi connectivity index (χ0n) is 19.8. The first-order valence-corrected chi connectivity index (χ1v) is 11.2. The number of aromatic nitrogens is 4. The summed E-state index contributed by atoms with van der Waals surface area (Å²) in [5.41, 5.74) is 3.04. The van der Waals surface area contributed by atoms with Crippen molar-refractivity contribution in [3.63, 3.8) is 0 Å². The van der Waals surface area contributed by atoms with Gasteiger partial charge in [0, 0.05) is 65.7 Å². The number of halogens is 2. The average molecular weight is 470 g/mol. The molecule has 0 aliphatic heterocycles. The van der Waals surface area contributed by atoms with Crippen molar-refractivity contribution in [3.8, 4) is 22.6 Å². The van der Waals surface area contributed by atoms with E-state index in [2.05, 4.69) is 34.2 Å². The van der Waals surface area contributed by atoms with E-state index in [0.717, 1.165) is 36.0 Å².